The third-order valence-corrected chi connectivity index (χ3v) is 2.71. The molecule has 0 heterocycles. The van der Waals surface area contributed by atoms with E-state index in [1.54, 1.807) is 12.1 Å². The first kappa shape index (κ1) is 12.8. The highest BCUT2D eigenvalue weighted by atomic mass is 16.3. The van der Waals surface area contributed by atoms with Crippen LogP contribution in [0.3, 0.4) is 0 Å². The van der Waals surface area contributed by atoms with Crippen LogP contribution in [0.15, 0.2) is 36.9 Å². The molecule has 2 atom stereocenters. The summed E-state index contributed by atoms with van der Waals surface area (Å²) >= 11 is 0. The fourth-order valence-electron chi connectivity index (χ4n) is 1.82. The van der Waals surface area contributed by atoms with Gasteiger partial charge in [-0.05, 0) is 37.5 Å². The molecule has 1 aromatic carbocycles. The monoisotopic (exact) mass is 219 g/mol. The number of nitrogens with one attached hydrogen (secondary N) is 1. The van der Waals surface area contributed by atoms with Gasteiger partial charge in [-0.2, -0.15) is 0 Å². The minimum atomic E-state index is 0.317. The Balaban J connectivity index is 2.66. The Labute approximate surface area is 98.0 Å². The molecule has 0 saturated carbocycles. The highest BCUT2D eigenvalue weighted by Crippen LogP contribution is 2.20. The van der Waals surface area contributed by atoms with Gasteiger partial charge in [-0.1, -0.05) is 25.1 Å². The van der Waals surface area contributed by atoms with Gasteiger partial charge in [0.2, 0.25) is 0 Å². The molecule has 1 rings (SSSR count). The summed E-state index contributed by atoms with van der Waals surface area (Å²) in [5.41, 5.74) is 1.22. The van der Waals surface area contributed by atoms with Gasteiger partial charge in [0.25, 0.3) is 0 Å². The fourth-order valence-corrected chi connectivity index (χ4v) is 1.82. The Morgan fingerprint density at radius 2 is 2.00 bits per heavy atom. The summed E-state index contributed by atoms with van der Waals surface area (Å²) in [7, 11) is 0. The lowest BCUT2D eigenvalue weighted by atomic mass is 10.0. The van der Waals surface area contributed by atoms with Crippen molar-refractivity contribution >= 4 is 0 Å². The van der Waals surface area contributed by atoms with E-state index < -0.39 is 0 Å². The second kappa shape index (κ2) is 6.33. The molecule has 0 bridgehead atoms. The lowest BCUT2D eigenvalue weighted by Crippen LogP contribution is -2.29. The van der Waals surface area contributed by atoms with Crippen LogP contribution < -0.4 is 5.32 Å². The Morgan fingerprint density at radius 1 is 1.38 bits per heavy atom. The minimum absolute atomic E-state index is 0.317. The van der Waals surface area contributed by atoms with E-state index in [4.69, 9.17) is 0 Å². The normalized spacial score (nSPS) is 14.4. The van der Waals surface area contributed by atoms with Crippen LogP contribution in [0.2, 0.25) is 0 Å². The van der Waals surface area contributed by atoms with Gasteiger partial charge in [0.05, 0.1) is 0 Å². The summed E-state index contributed by atoms with van der Waals surface area (Å²) in [6.07, 6.45) is 3.93. The van der Waals surface area contributed by atoms with Gasteiger partial charge in [-0.3, -0.25) is 0 Å². The Hall–Kier alpha value is -1.28. The molecular weight excluding hydrogens is 198 g/mol. The number of phenolic OH excluding ortho intramolecular Hbond substituents is 1. The van der Waals surface area contributed by atoms with E-state index in [0.29, 0.717) is 17.8 Å². The van der Waals surface area contributed by atoms with E-state index in [1.807, 2.05) is 18.2 Å². The maximum Gasteiger partial charge on any atom is 0.115 e. The highest BCUT2D eigenvalue weighted by molar-refractivity contribution is 5.28. The van der Waals surface area contributed by atoms with Crippen molar-refractivity contribution in [1.29, 1.82) is 0 Å². The second-order valence-electron chi connectivity index (χ2n) is 4.14. The second-order valence-corrected chi connectivity index (χ2v) is 4.14. The number of benzene rings is 1. The van der Waals surface area contributed by atoms with Crippen LogP contribution in [0, 0.1) is 0 Å². The average molecular weight is 219 g/mol. The van der Waals surface area contributed by atoms with Crippen LogP contribution >= 0.6 is 0 Å². The van der Waals surface area contributed by atoms with Crippen LogP contribution in [0.1, 0.15) is 38.3 Å². The van der Waals surface area contributed by atoms with Crippen LogP contribution in [0.25, 0.3) is 0 Å². The van der Waals surface area contributed by atoms with E-state index in [-0.39, 0.29) is 0 Å². The smallest absolute Gasteiger partial charge is 0.115 e. The molecule has 2 nitrogen and oxygen atoms in total. The van der Waals surface area contributed by atoms with Gasteiger partial charge in [-0.25, -0.2) is 0 Å². The molecule has 0 radical (unpaired) electrons. The van der Waals surface area contributed by atoms with E-state index in [0.717, 1.165) is 12.8 Å². The summed E-state index contributed by atoms with van der Waals surface area (Å²) in [4.78, 5) is 0. The molecule has 16 heavy (non-hydrogen) atoms. The standard InChI is InChI=1S/C14H21NO/c1-4-6-11(3)15-14(5-2)12-7-9-13(16)10-8-12/h4,7-11,14-16H,1,5-6H2,2-3H3. The molecule has 0 aliphatic rings. The van der Waals surface area contributed by atoms with Crippen LogP contribution in [-0.2, 0) is 0 Å². The third-order valence-electron chi connectivity index (χ3n) is 2.71. The van der Waals surface area contributed by atoms with Crippen LogP contribution in [-0.4, -0.2) is 11.1 Å². The first-order valence-electron chi connectivity index (χ1n) is 5.83. The lowest BCUT2D eigenvalue weighted by molar-refractivity contribution is 0.445. The quantitative estimate of drug-likeness (QED) is 0.719. The van der Waals surface area contributed by atoms with Gasteiger partial charge in [0.1, 0.15) is 5.75 Å². The molecule has 2 N–H and O–H groups in total. The Morgan fingerprint density at radius 3 is 2.50 bits per heavy atom. The number of hydrogen-bond acceptors (Lipinski definition) is 2. The molecule has 88 valence electrons. The minimum Gasteiger partial charge on any atom is -0.508 e. The predicted octanol–water partition coefficient (Wildman–Crippen LogP) is 3.40. The van der Waals surface area contributed by atoms with Crippen molar-refractivity contribution in [2.45, 2.75) is 38.8 Å². The SMILES string of the molecule is C=CCC(C)NC(CC)c1ccc(O)cc1. The van der Waals surface area contributed by atoms with E-state index in [2.05, 4.69) is 25.7 Å². The summed E-state index contributed by atoms with van der Waals surface area (Å²) in [5, 5.41) is 12.8. The molecular formula is C14H21NO. The van der Waals surface area contributed by atoms with Gasteiger partial charge in [0, 0.05) is 12.1 Å². The largest absolute Gasteiger partial charge is 0.508 e. The van der Waals surface area contributed by atoms with E-state index in [1.165, 1.54) is 5.56 Å². The van der Waals surface area contributed by atoms with Crippen molar-refractivity contribution in [3.8, 4) is 5.75 Å². The summed E-state index contributed by atoms with van der Waals surface area (Å²) in [6, 6.07) is 8.18. The van der Waals surface area contributed by atoms with E-state index >= 15 is 0 Å². The van der Waals surface area contributed by atoms with Crippen molar-refractivity contribution in [3.05, 3.63) is 42.5 Å². The number of phenols is 1. The highest BCUT2D eigenvalue weighted by Gasteiger charge is 2.11. The molecule has 0 aliphatic carbocycles. The summed E-state index contributed by atoms with van der Waals surface area (Å²) in [5.74, 6) is 0.317. The van der Waals surface area contributed by atoms with Crippen molar-refractivity contribution in [1.82, 2.24) is 5.32 Å². The molecule has 0 aliphatic heterocycles. The van der Waals surface area contributed by atoms with Crippen molar-refractivity contribution in [2.24, 2.45) is 0 Å². The maximum absolute atomic E-state index is 9.24. The maximum atomic E-state index is 9.24. The first-order valence-corrected chi connectivity index (χ1v) is 5.83. The predicted molar refractivity (Wildman–Crippen MR) is 68.6 cm³/mol. The molecule has 2 unspecified atom stereocenters. The molecule has 2 heteroatoms. The zero-order chi connectivity index (χ0) is 12.0. The van der Waals surface area contributed by atoms with Crippen LogP contribution in [0.4, 0.5) is 0 Å². The molecule has 0 amide bonds. The molecule has 0 aromatic heterocycles. The van der Waals surface area contributed by atoms with Crippen molar-refractivity contribution in [3.63, 3.8) is 0 Å². The number of rotatable bonds is 6. The average Bonchev–Trinajstić information content (AvgIpc) is 2.27. The first-order chi connectivity index (χ1) is 7.67. The fraction of sp³-hybridized carbons (Fsp3) is 0.429. The molecule has 0 fully saturated rings. The van der Waals surface area contributed by atoms with Gasteiger partial charge in [-0.15, -0.1) is 6.58 Å². The van der Waals surface area contributed by atoms with E-state index in [9.17, 15) is 5.11 Å². The van der Waals surface area contributed by atoms with Crippen LogP contribution in [0.5, 0.6) is 5.75 Å². The summed E-state index contributed by atoms with van der Waals surface area (Å²) < 4.78 is 0. The van der Waals surface area contributed by atoms with Gasteiger partial charge < -0.3 is 10.4 Å². The topological polar surface area (TPSA) is 32.3 Å². The third kappa shape index (κ3) is 3.70. The Bertz CT molecular complexity index is 318. The van der Waals surface area contributed by atoms with Gasteiger partial charge in [0.15, 0.2) is 0 Å². The lowest BCUT2D eigenvalue weighted by Gasteiger charge is -2.22. The zero-order valence-corrected chi connectivity index (χ0v) is 10.1. The molecule has 0 spiro atoms. The van der Waals surface area contributed by atoms with Crippen molar-refractivity contribution < 1.29 is 5.11 Å². The Kier molecular flexibility index (Phi) is 5.06. The number of aromatic hydroxyl groups is 1. The zero-order valence-electron chi connectivity index (χ0n) is 10.1. The van der Waals surface area contributed by atoms with Crippen molar-refractivity contribution in [2.75, 3.05) is 0 Å². The van der Waals surface area contributed by atoms with Gasteiger partial charge >= 0.3 is 0 Å². The summed E-state index contributed by atoms with van der Waals surface area (Å²) in [6.45, 7) is 8.06. The molecule has 0 saturated heterocycles. The number of hydrogen-bond donors (Lipinski definition) is 2. The molecule has 1 aromatic rings.